The topological polar surface area (TPSA) is 52.3 Å². The minimum Gasteiger partial charge on any atom is -0.373 e. The Bertz CT molecular complexity index is 549. The van der Waals surface area contributed by atoms with Crippen molar-refractivity contribution in [2.24, 2.45) is 34.3 Å². The van der Waals surface area contributed by atoms with Gasteiger partial charge in [-0.3, -0.25) is 4.79 Å². The molecule has 5 atom stereocenters. The van der Waals surface area contributed by atoms with Gasteiger partial charge in [-0.05, 0) is 55.3 Å². The molecular formula is C24H43NO2. The number of amides is 1. The Labute approximate surface area is 167 Å². The van der Waals surface area contributed by atoms with Crippen LogP contribution in [0.2, 0.25) is 0 Å². The molecule has 3 nitrogen and oxygen atoms in total. The molecule has 0 radical (unpaired) electrons. The molecule has 0 bridgehead atoms. The van der Waals surface area contributed by atoms with Crippen LogP contribution in [-0.2, 0) is 9.53 Å². The van der Waals surface area contributed by atoms with Crippen LogP contribution in [0, 0.1) is 28.6 Å². The van der Waals surface area contributed by atoms with Crippen molar-refractivity contribution in [3.05, 3.63) is 12.2 Å². The molecule has 27 heavy (non-hydrogen) atoms. The predicted octanol–water partition coefficient (Wildman–Crippen LogP) is 5.87. The van der Waals surface area contributed by atoms with Gasteiger partial charge in [0, 0.05) is 5.92 Å². The van der Waals surface area contributed by atoms with Gasteiger partial charge in [-0.15, -0.1) is 0 Å². The van der Waals surface area contributed by atoms with E-state index in [9.17, 15) is 4.79 Å². The van der Waals surface area contributed by atoms with Gasteiger partial charge in [0.05, 0.1) is 18.1 Å². The SMILES string of the molecule is C=C(CC)CC(C)C(C)(CCC1COC12CCCCC2C(N)=O)C(C)(C)C. The van der Waals surface area contributed by atoms with Gasteiger partial charge < -0.3 is 10.5 Å². The molecule has 1 saturated carbocycles. The molecule has 1 heterocycles. The molecule has 2 rings (SSSR count). The van der Waals surface area contributed by atoms with Gasteiger partial charge in [0.25, 0.3) is 0 Å². The summed E-state index contributed by atoms with van der Waals surface area (Å²) in [6.07, 6.45) is 8.60. The molecule has 0 aromatic rings. The molecule has 1 spiro atoms. The van der Waals surface area contributed by atoms with Gasteiger partial charge in [0.2, 0.25) is 5.91 Å². The van der Waals surface area contributed by atoms with Crippen LogP contribution >= 0.6 is 0 Å². The van der Waals surface area contributed by atoms with Gasteiger partial charge in [-0.2, -0.15) is 0 Å². The molecule has 0 aromatic heterocycles. The Morgan fingerprint density at radius 2 is 1.96 bits per heavy atom. The maximum atomic E-state index is 12.1. The zero-order chi connectivity index (χ0) is 20.5. The lowest BCUT2D eigenvalue weighted by Gasteiger charge is -2.56. The first-order valence-corrected chi connectivity index (χ1v) is 11.1. The van der Waals surface area contributed by atoms with Gasteiger partial charge in [-0.1, -0.05) is 66.5 Å². The second-order valence-corrected chi connectivity index (χ2v) is 10.6. The number of carbonyl (C=O) groups is 1. The number of carbonyl (C=O) groups excluding carboxylic acids is 1. The van der Waals surface area contributed by atoms with Gasteiger partial charge in [-0.25, -0.2) is 0 Å². The summed E-state index contributed by atoms with van der Waals surface area (Å²) in [4.78, 5) is 12.1. The van der Waals surface area contributed by atoms with Crippen LogP contribution in [0.25, 0.3) is 0 Å². The molecule has 2 fully saturated rings. The summed E-state index contributed by atoms with van der Waals surface area (Å²) in [5.74, 6) is 0.799. The van der Waals surface area contributed by atoms with E-state index in [0.717, 1.165) is 58.0 Å². The van der Waals surface area contributed by atoms with Crippen molar-refractivity contribution in [3.63, 3.8) is 0 Å². The fourth-order valence-electron chi connectivity index (χ4n) is 5.59. The average Bonchev–Trinajstić information content (AvgIpc) is 2.59. The Morgan fingerprint density at radius 1 is 1.30 bits per heavy atom. The van der Waals surface area contributed by atoms with E-state index in [-0.39, 0.29) is 28.3 Å². The Balaban J connectivity index is 2.13. The van der Waals surface area contributed by atoms with E-state index < -0.39 is 0 Å². The molecule has 156 valence electrons. The zero-order valence-electron chi connectivity index (χ0n) is 18.7. The molecule has 1 aliphatic heterocycles. The van der Waals surface area contributed by atoms with Crippen LogP contribution < -0.4 is 5.73 Å². The summed E-state index contributed by atoms with van der Waals surface area (Å²) in [6.45, 7) is 19.2. The number of ether oxygens (including phenoxy) is 1. The second kappa shape index (κ2) is 8.27. The maximum absolute atomic E-state index is 12.1. The fourth-order valence-corrected chi connectivity index (χ4v) is 5.59. The molecular weight excluding hydrogens is 334 g/mol. The highest BCUT2D eigenvalue weighted by Crippen LogP contribution is 2.55. The highest BCUT2D eigenvalue weighted by molar-refractivity contribution is 5.78. The lowest BCUT2D eigenvalue weighted by atomic mass is 9.56. The number of hydrogen-bond acceptors (Lipinski definition) is 2. The quantitative estimate of drug-likeness (QED) is 0.538. The van der Waals surface area contributed by atoms with Crippen molar-refractivity contribution in [1.29, 1.82) is 0 Å². The van der Waals surface area contributed by atoms with Crippen LogP contribution in [0.15, 0.2) is 12.2 Å². The second-order valence-electron chi connectivity index (χ2n) is 10.6. The van der Waals surface area contributed by atoms with Gasteiger partial charge >= 0.3 is 0 Å². The summed E-state index contributed by atoms with van der Waals surface area (Å²) in [5.41, 5.74) is 7.28. The zero-order valence-corrected chi connectivity index (χ0v) is 18.7. The van der Waals surface area contributed by atoms with Crippen molar-refractivity contribution in [2.75, 3.05) is 6.61 Å². The molecule has 1 amide bonds. The third-order valence-corrected chi connectivity index (χ3v) is 8.40. The first-order chi connectivity index (χ1) is 12.5. The highest BCUT2D eigenvalue weighted by Gasteiger charge is 2.56. The Kier molecular flexibility index (Phi) is 6.88. The van der Waals surface area contributed by atoms with Crippen molar-refractivity contribution in [1.82, 2.24) is 0 Å². The first kappa shape index (κ1) is 22.5. The number of primary amides is 1. The smallest absolute Gasteiger partial charge is 0.223 e. The molecule has 1 saturated heterocycles. The van der Waals surface area contributed by atoms with E-state index in [1.807, 2.05) is 0 Å². The van der Waals surface area contributed by atoms with Crippen molar-refractivity contribution >= 4 is 5.91 Å². The minimum absolute atomic E-state index is 0.0943. The number of rotatable bonds is 8. The standard InChI is InChI=1S/C24H43NO2/c1-8-17(2)15-18(3)23(7,22(4,5)6)14-12-19-16-27-24(19)13-10-9-11-20(24)21(25)26/h18-20H,2,8-16H2,1,3-7H3,(H2,25,26). The number of nitrogens with two attached hydrogens (primary N) is 1. The molecule has 0 aromatic carbocycles. The van der Waals surface area contributed by atoms with Gasteiger partial charge in [0.15, 0.2) is 0 Å². The largest absolute Gasteiger partial charge is 0.373 e. The van der Waals surface area contributed by atoms with Crippen molar-refractivity contribution in [2.45, 2.75) is 98.5 Å². The van der Waals surface area contributed by atoms with Crippen LogP contribution in [0.1, 0.15) is 92.9 Å². The summed E-state index contributed by atoms with van der Waals surface area (Å²) in [6, 6.07) is 0. The fraction of sp³-hybridized carbons (Fsp3) is 0.875. The summed E-state index contributed by atoms with van der Waals surface area (Å²) >= 11 is 0. The minimum atomic E-state index is -0.265. The summed E-state index contributed by atoms with van der Waals surface area (Å²) in [5, 5.41) is 0. The number of allylic oxidation sites excluding steroid dienone is 1. The summed E-state index contributed by atoms with van der Waals surface area (Å²) in [7, 11) is 0. The monoisotopic (exact) mass is 377 g/mol. The third-order valence-electron chi connectivity index (χ3n) is 8.40. The predicted molar refractivity (Wildman–Crippen MR) is 113 cm³/mol. The van der Waals surface area contributed by atoms with Crippen molar-refractivity contribution in [3.8, 4) is 0 Å². The van der Waals surface area contributed by atoms with E-state index in [0.29, 0.717) is 11.8 Å². The van der Waals surface area contributed by atoms with E-state index in [2.05, 4.69) is 48.1 Å². The molecule has 1 aliphatic carbocycles. The maximum Gasteiger partial charge on any atom is 0.223 e. The summed E-state index contributed by atoms with van der Waals surface area (Å²) < 4.78 is 6.12. The third kappa shape index (κ3) is 4.28. The number of hydrogen-bond donors (Lipinski definition) is 1. The van der Waals surface area contributed by atoms with E-state index in [1.54, 1.807) is 0 Å². The lowest BCUT2D eigenvalue weighted by molar-refractivity contribution is -0.247. The molecule has 3 heteroatoms. The Morgan fingerprint density at radius 3 is 2.44 bits per heavy atom. The average molecular weight is 378 g/mol. The highest BCUT2D eigenvalue weighted by atomic mass is 16.5. The first-order valence-electron chi connectivity index (χ1n) is 11.1. The van der Waals surface area contributed by atoms with Crippen LogP contribution in [0.3, 0.4) is 0 Å². The molecule has 2 aliphatic rings. The van der Waals surface area contributed by atoms with E-state index in [4.69, 9.17) is 10.5 Å². The lowest BCUT2D eigenvalue weighted by Crippen LogP contribution is -2.62. The van der Waals surface area contributed by atoms with E-state index >= 15 is 0 Å². The van der Waals surface area contributed by atoms with Gasteiger partial charge in [0.1, 0.15) is 0 Å². The normalized spacial score (nSPS) is 31.8. The van der Waals surface area contributed by atoms with E-state index in [1.165, 1.54) is 5.57 Å². The van der Waals surface area contributed by atoms with Crippen LogP contribution in [0.5, 0.6) is 0 Å². The molecule has 2 N–H and O–H groups in total. The van der Waals surface area contributed by atoms with Crippen molar-refractivity contribution < 1.29 is 9.53 Å². The molecule has 5 unspecified atom stereocenters. The Hall–Kier alpha value is -0.830. The van der Waals surface area contributed by atoms with Crippen LogP contribution in [-0.4, -0.2) is 18.1 Å². The van der Waals surface area contributed by atoms with Crippen LogP contribution in [0.4, 0.5) is 0 Å².